The first kappa shape index (κ1) is 11.7. The maximum Gasteiger partial charge on any atom is 0.0950 e. The first-order chi connectivity index (χ1) is 7.66. The number of furan rings is 1. The lowest BCUT2D eigenvalue weighted by Crippen LogP contribution is -2.40. The second kappa shape index (κ2) is 5.05. The van der Waals surface area contributed by atoms with Gasteiger partial charge in [0, 0.05) is 17.6 Å². The van der Waals surface area contributed by atoms with Crippen molar-refractivity contribution in [3.63, 3.8) is 0 Å². The van der Waals surface area contributed by atoms with E-state index in [0.717, 1.165) is 11.8 Å². The van der Waals surface area contributed by atoms with Crippen LogP contribution in [0.25, 0.3) is 0 Å². The average Bonchev–Trinajstić information content (AvgIpc) is 2.75. The molecule has 1 saturated carbocycles. The van der Waals surface area contributed by atoms with E-state index in [2.05, 4.69) is 26.1 Å². The highest BCUT2D eigenvalue weighted by Crippen LogP contribution is 2.30. The third-order valence-corrected chi connectivity index (χ3v) is 3.94. The summed E-state index contributed by atoms with van der Waals surface area (Å²) in [6.45, 7) is 6.96. The fraction of sp³-hybridized carbons (Fsp3) is 0.714. The van der Waals surface area contributed by atoms with Crippen LogP contribution in [0.3, 0.4) is 0 Å². The van der Waals surface area contributed by atoms with Crippen molar-refractivity contribution in [2.75, 3.05) is 0 Å². The Hall–Kier alpha value is -0.760. The van der Waals surface area contributed by atoms with Crippen LogP contribution in [0.2, 0.25) is 0 Å². The van der Waals surface area contributed by atoms with Crippen LogP contribution in [0.4, 0.5) is 0 Å². The van der Waals surface area contributed by atoms with Gasteiger partial charge in [0.2, 0.25) is 0 Å². The SMILES string of the molecule is CC1CCC(NC(C)c2ccoc2)C(C)C1. The van der Waals surface area contributed by atoms with Gasteiger partial charge in [0.25, 0.3) is 0 Å². The topological polar surface area (TPSA) is 25.2 Å². The minimum atomic E-state index is 0.402. The fourth-order valence-electron chi connectivity index (χ4n) is 2.85. The Morgan fingerprint density at radius 1 is 1.38 bits per heavy atom. The Morgan fingerprint density at radius 3 is 2.81 bits per heavy atom. The molecule has 1 heterocycles. The quantitative estimate of drug-likeness (QED) is 0.840. The van der Waals surface area contributed by atoms with Crippen molar-refractivity contribution in [2.45, 2.75) is 52.1 Å². The van der Waals surface area contributed by atoms with Crippen molar-refractivity contribution < 1.29 is 4.42 Å². The van der Waals surface area contributed by atoms with Gasteiger partial charge in [-0.25, -0.2) is 0 Å². The highest BCUT2D eigenvalue weighted by Gasteiger charge is 2.26. The van der Waals surface area contributed by atoms with Crippen LogP contribution >= 0.6 is 0 Å². The predicted octanol–water partition coefficient (Wildman–Crippen LogP) is 3.75. The molecule has 0 spiro atoms. The summed E-state index contributed by atoms with van der Waals surface area (Å²) in [5.41, 5.74) is 1.26. The zero-order valence-corrected chi connectivity index (χ0v) is 10.6. The maximum atomic E-state index is 5.13. The van der Waals surface area contributed by atoms with Gasteiger partial charge in [0.05, 0.1) is 12.5 Å². The summed E-state index contributed by atoms with van der Waals surface area (Å²) < 4.78 is 5.13. The van der Waals surface area contributed by atoms with Gasteiger partial charge in [0.1, 0.15) is 0 Å². The summed E-state index contributed by atoms with van der Waals surface area (Å²) >= 11 is 0. The van der Waals surface area contributed by atoms with Gasteiger partial charge in [-0.15, -0.1) is 0 Å². The van der Waals surface area contributed by atoms with Gasteiger partial charge >= 0.3 is 0 Å². The van der Waals surface area contributed by atoms with Crippen LogP contribution in [0.5, 0.6) is 0 Å². The molecule has 1 fully saturated rings. The molecule has 1 aromatic heterocycles. The highest BCUT2D eigenvalue weighted by molar-refractivity contribution is 5.10. The van der Waals surface area contributed by atoms with Crippen molar-refractivity contribution in [1.29, 1.82) is 0 Å². The molecular formula is C14H23NO. The molecule has 0 bridgehead atoms. The number of hydrogen-bond donors (Lipinski definition) is 1. The third kappa shape index (κ3) is 2.67. The Bertz CT molecular complexity index is 307. The second-order valence-corrected chi connectivity index (χ2v) is 5.45. The third-order valence-electron chi connectivity index (χ3n) is 3.94. The summed E-state index contributed by atoms with van der Waals surface area (Å²) in [4.78, 5) is 0. The van der Waals surface area contributed by atoms with Gasteiger partial charge in [0.15, 0.2) is 0 Å². The molecular weight excluding hydrogens is 198 g/mol. The first-order valence-electron chi connectivity index (χ1n) is 6.45. The van der Waals surface area contributed by atoms with E-state index in [1.54, 1.807) is 6.26 Å². The van der Waals surface area contributed by atoms with Crippen molar-refractivity contribution in [3.05, 3.63) is 24.2 Å². The lowest BCUT2D eigenvalue weighted by Gasteiger charge is -2.35. The molecule has 0 aromatic carbocycles. The Labute approximate surface area is 98.4 Å². The van der Waals surface area contributed by atoms with Crippen LogP contribution in [-0.4, -0.2) is 6.04 Å². The van der Waals surface area contributed by atoms with Crippen LogP contribution in [0.15, 0.2) is 23.0 Å². The van der Waals surface area contributed by atoms with Gasteiger partial charge in [-0.3, -0.25) is 0 Å². The number of nitrogens with one attached hydrogen (secondary N) is 1. The zero-order chi connectivity index (χ0) is 11.5. The molecule has 4 atom stereocenters. The molecule has 1 N–H and O–H groups in total. The number of hydrogen-bond acceptors (Lipinski definition) is 2. The molecule has 2 nitrogen and oxygen atoms in total. The van der Waals surface area contributed by atoms with Crippen LogP contribution in [0.1, 0.15) is 51.6 Å². The van der Waals surface area contributed by atoms with Gasteiger partial charge < -0.3 is 9.73 Å². The minimum absolute atomic E-state index is 0.402. The molecule has 0 aliphatic heterocycles. The summed E-state index contributed by atoms with van der Waals surface area (Å²) in [5.74, 6) is 1.69. The van der Waals surface area contributed by atoms with E-state index < -0.39 is 0 Å². The molecule has 1 aliphatic rings. The molecule has 16 heavy (non-hydrogen) atoms. The highest BCUT2D eigenvalue weighted by atomic mass is 16.3. The van der Waals surface area contributed by atoms with E-state index in [1.807, 2.05) is 12.3 Å². The van der Waals surface area contributed by atoms with Crippen molar-refractivity contribution >= 4 is 0 Å². The largest absolute Gasteiger partial charge is 0.472 e. The second-order valence-electron chi connectivity index (χ2n) is 5.45. The van der Waals surface area contributed by atoms with Crippen molar-refractivity contribution in [1.82, 2.24) is 5.32 Å². The first-order valence-corrected chi connectivity index (χ1v) is 6.45. The van der Waals surface area contributed by atoms with Crippen LogP contribution in [-0.2, 0) is 0 Å². The monoisotopic (exact) mass is 221 g/mol. The Morgan fingerprint density at radius 2 is 2.19 bits per heavy atom. The molecule has 0 radical (unpaired) electrons. The molecule has 1 aromatic rings. The smallest absolute Gasteiger partial charge is 0.0950 e. The van der Waals surface area contributed by atoms with E-state index in [-0.39, 0.29) is 0 Å². The average molecular weight is 221 g/mol. The van der Waals surface area contributed by atoms with E-state index in [4.69, 9.17) is 4.42 Å². The molecule has 90 valence electrons. The number of rotatable bonds is 3. The Balaban J connectivity index is 1.89. The van der Waals surface area contributed by atoms with Gasteiger partial charge in [-0.05, 0) is 44.1 Å². The molecule has 0 amide bonds. The summed E-state index contributed by atoms with van der Waals surface area (Å²) in [7, 11) is 0. The normalized spacial score (nSPS) is 32.6. The van der Waals surface area contributed by atoms with Crippen molar-refractivity contribution in [3.8, 4) is 0 Å². The van der Waals surface area contributed by atoms with E-state index in [1.165, 1.54) is 24.8 Å². The maximum absolute atomic E-state index is 5.13. The molecule has 2 heteroatoms. The summed E-state index contributed by atoms with van der Waals surface area (Å²) in [5, 5.41) is 3.73. The van der Waals surface area contributed by atoms with Gasteiger partial charge in [-0.1, -0.05) is 13.8 Å². The fourth-order valence-corrected chi connectivity index (χ4v) is 2.85. The predicted molar refractivity (Wildman–Crippen MR) is 66.2 cm³/mol. The summed E-state index contributed by atoms with van der Waals surface area (Å²) in [6.07, 6.45) is 7.62. The van der Waals surface area contributed by atoms with E-state index >= 15 is 0 Å². The lowest BCUT2D eigenvalue weighted by molar-refractivity contribution is 0.216. The van der Waals surface area contributed by atoms with E-state index in [0.29, 0.717) is 12.1 Å². The molecule has 0 saturated heterocycles. The lowest BCUT2D eigenvalue weighted by atomic mass is 9.79. The zero-order valence-electron chi connectivity index (χ0n) is 10.6. The molecule has 2 rings (SSSR count). The minimum Gasteiger partial charge on any atom is -0.472 e. The van der Waals surface area contributed by atoms with Crippen LogP contribution < -0.4 is 5.32 Å². The van der Waals surface area contributed by atoms with Gasteiger partial charge in [-0.2, -0.15) is 0 Å². The van der Waals surface area contributed by atoms with Crippen molar-refractivity contribution in [2.24, 2.45) is 11.8 Å². The standard InChI is InChI=1S/C14H23NO/c1-10-4-5-14(11(2)8-10)15-12(3)13-6-7-16-9-13/h6-7,9-12,14-15H,4-5,8H2,1-3H3. The Kier molecular flexibility index (Phi) is 3.70. The van der Waals surface area contributed by atoms with Crippen LogP contribution in [0, 0.1) is 11.8 Å². The van der Waals surface area contributed by atoms with E-state index in [9.17, 15) is 0 Å². The summed E-state index contributed by atoms with van der Waals surface area (Å²) in [6, 6.07) is 3.12. The molecule has 4 unspecified atom stereocenters. The molecule has 1 aliphatic carbocycles.